The molecule has 9 nitrogen and oxygen atoms in total. The molecule has 1 saturated heterocycles. The summed E-state index contributed by atoms with van der Waals surface area (Å²) < 4.78 is 16.2. The van der Waals surface area contributed by atoms with Crippen molar-refractivity contribution in [2.45, 2.75) is 18.9 Å². The number of fused-ring (bicyclic) bond motifs is 1. The van der Waals surface area contributed by atoms with Gasteiger partial charge in [-0.2, -0.15) is 0 Å². The standard InChI is InChI=1S/C23H25N3O6/c27-21(26-11-12-30-20(14-26)16-5-2-1-3-6-16)7-4-10-24-22(28)23(29)25-17-8-9-18-19(13-17)32-15-31-18/h1-3,5-6,8-9,13,20H,4,7,10-12,14-15H2,(H,24,28)(H,25,29). The largest absolute Gasteiger partial charge is 0.454 e. The molecule has 2 aromatic carbocycles. The first kappa shape index (κ1) is 21.6. The van der Waals surface area contributed by atoms with E-state index in [0.29, 0.717) is 43.3 Å². The van der Waals surface area contributed by atoms with Crippen LogP contribution in [0.5, 0.6) is 11.5 Å². The molecule has 4 rings (SSSR count). The number of hydrogen-bond acceptors (Lipinski definition) is 6. The van der Waals surface area contributed by atoms with Gasteiger partial charge in [0.1, 0.15) is 6.10 Å². The van der Waals surface area contributed by atoms with E-state index in [1.807, 2.05) is 30.3 Å². The van der Waals surface area contributed by atoms with Crippen LogP contribution in [0.3, 0.4) is 0 Å². The summed E-state index contributed by atoms with van der Waals surface area (Å²) in [5, 5.41) is 5.06. The van der Waals surface area contributed by atoms with Crippen molar-refractivity contribution in [3.63, 3.8) is 0 Å². The second-order valence-electron chi connectivity index (χ2n) is 7.49. The quantitative estimate of drug-likeness (QED) is 0.526. The molecule has 32 heavy (non-hydrogen) atoms. The summed E-state index contributed by atoms with van der Waals surface area (Å²) in [6, 6.07) is 14.7. The molecule has 2 N–H and O–H groups in total. The third-order valence-corrected chi connectivity index (χ3v) is 5.28. The SMILES string of the molecule is O=C(NCCCC(=O)N1CCOC(c2ccccc2)C1)C(=O)Nc1ccc2c(c1)OCO2. The second-order valence-corrected chi connectivity index (χ2v) is 7.49. The highest BCUT2D eigenvalue weighted by Crippen LogP contribution is 2.34. The first-order valence-corrected chi connectivity index (χ1v) is 10.5. The Morgan fingerprint density at radius 3 is 2.66 bits per heavy atom. The van der Waals surface area contributed by atoms with Crippen LogP contribution in [-0.4, -0.2) is 55.7 Å². The fourth-order valence-corrected chi connectivity index (χ4v) is 3.59. The van der Waals surface area contributed by atoms with Crippen LogP contribution < -0.4 is 20.1 Å². The number of hydrogen-bond donors (Lipinski definition) is 2. The summed E-state index contributed by atoms with van der Waals surface area (Å²) in [6.07, 6.45) is 0.592. The van der Waals surface area contributed by atoms with Gasteiger partial charge in [0.2, 0.25) is 12.7 Å². The number of morpholine rings is 1. The third-order valence-electron chi connectivity index (χ3n) is 5.28. The first-order valence-electron chi connectivity index (χ1n) is 10.5. The molecule has 0 aliphatic carbocycles. The minimum atomic E-state index is -0.783. The van der Waals surface area contributed by atoms with E-state index < -0.39 is 11.8 Å². The van der Waals surface area contributed by atoms with E-state index in [9.17, 15) is 14.4 Å². The Morgan fingerprint density at radius 2 is 1.81 bits per heavy atom. The fraction of sp³-hybridized carbons (Fsp3) is 0.348. The summed E-state index contributed by atoms with van der Waals surface area (Å²) in [4.78, 5) is 38.4. The van der Waals surface area contributed by atoms with Crippen LogP contribution in [0.25, 0.3) is 0 Å². The van der Waals surface area contributed by atoms with Crippen LogP contribution in [0, 0.1) is 0 Å². The predicted molar refractivity (Wildman–Crippen MR) is 115 cm³/mol. The van der Waals surface area contributed by atoms with Crippen molar-refractivity contribution in [1.29, 1.82) is 0 Å². The van der Waals surface area contributed by atoms with Gasteiger partial charge in [-0.25, -0.2) is 0 Å². The average molecular weight is 439 g/mol. The Hall–Kier alpha value is -3.59. The molecule has 9 heteroatoms. The van der Waals surface area contributed by atoms with E-state index in [-0.39, 0.29) is 31.8 Å². The zero-order chi connectivity index (χ0) is 22.3. The van der Waals surface area contributed by atoms with Crippen molar-refractivity contribution in [3.05, 3.63) is 54.1 Å². The van der Waals surface area contributed by atoms with Crippen molar-refractivity contribution in [2.75, 3.05) is 38.4 Å². The molecule has 0 spiro atoms. The molecule has 2 aliphatic rings. The molecular weight excluding hydrogens is 414 g/mol. The molecular formula is C23H25N3O6. The van der Waals surface area contributed by atoms with E-state index in [1.165, 1.54) is 0 Å². The number of carbonyl (C=O) groups is 3. The minimum absolute atomic E-state index is 0.00768. The predicted octanol–water partition coefficient (Wildman–Crippen LogP) is 1.85. The summed E-state index contributed by atoms with van der Waals surface area (Å²) in [6.45, 7) is 1.90. The van der Waals surface area contributed by atoms with Gasteiger partial charge >= 0.3 is 11.8 Å². The maximum atomic E-state index is 12.5. The van der Waals surface area contributed by atoms with Gasteiger partial charge in [-0.05, 0) is 24.1 Å². The monoisotopic (exact) mass is 439 g/mol. The van der Waals surface area contributed by atoms with Crippen LogP contribution in [0.1, 0.15) is 24.5 Å². The fourth-order valence-electron chi connectivity index (χ4n) is 3.59. The van der Waals surface area contributed by atoms with E-state index in [1.54, 1.807) is 23.1 Å². The summed E-state index contributed by atoms with van der Waals surface area (Å²) >= 11 is 0. The average Bonchev–Trinajstić information content (AvgIpc) is 3.30. The topological polar surface area (TPSA) is 106 Å². The number of carbonyl (C=O) groups excluding carboxylic acids is 3. The number of nitrogens with one attached hydrogen (secondary N) is 2. The highest BCUT2D eigenvalue weighted by molar-refractivity contribution is 6.39. The Kier molecular flexibility index (Phi) is 6.86. The van der Waals surface area contributed by atoms with Gasteiger partial charge in [0.25, 0.3) is 0 Å². The molecule has 1 atom stereocenters. The maximum Gasteiger partial charge on any atom is 0.313 e. The van der Waals surface area contributed by atoms with E-state index in [4.69, 9.17) is 14.2 Å². The molecule has 0 radical (unpaired) electrons. The molecule has 2 aliphatic heterocycles. The number of rotatable bonds is 6. The van der Waals surface area contributed by atoms with Crippen LogP contribution in [-0.2, 0) is 19.1 Å². The number of amides is 3. The number of anilines is 1. The van der Waals surface area contributed by atoms with Crippen molar-refractivity contribution in [3.8, 4) is 11.5 Å². The van der Waals surface area contributed by atoms with Crippen LogP contribution in [0.15, 0.2) is 48.5 Å². The van der Waals surface area contributed by atoms with Crippen molar-refractivity contribution in [1.82, 2.24) is 10.2 Å². The van der Waals surface area contributed by atoms with Crippen molar-refractivity contribution < 1.29 is 28.6 Å². The lowest BCUT2D eigenvalue weighted by atomic mass is 10.1. The molecule has 3 amide bonds. The maximum absolute atomic E-state index is 12.5. The number of ether oxygens (including phenoxy) is 3. The summed E-state index contributed by atoms with van der Waals surface area (Å²) in [5.41, 5.74) is 1.48. The lowest BCUT2D eigenvalue weighted by Crippen LogP contribution is -2.42. The Labute approximate surface area is 185 Å². The van der Waals surface area contributed by atoms with Crippen LogP contribution in [0.4, 0.5) is 5.69 Å². The van der Waals surface area contributed by atoms with E-state index in [2.05, 4.69) is 10.6 Å². The van der Waals surface area contributed by atoms with E-state index in [0.717, 1.165) is 5.56 Å². The zero-order valence-electron chi connectivity index (χ0n) is 17.5. The van der Waals surface area contributed by atoms with Crippen molar-refractivity contribution in [2.24, 2.45) is 0 Å². The molecule has 0 saturated carbocycles. The molecule has 2 heterocycles. The summed E-state index contributed by atoms with van der Waals surface area (Å²) in [5.74, 6) is -0.431. The third kappa shape index (κ3) is 5.36. The van der Waals surface area contributed by atoms with Crippen molar-refractivity contribution >= 4 is 23.4 Å². The van der Waals surface area contributed by atoms with Gasteiger partial charge in [0.15, 0.2) is 11.5 Å². The van der Waals surface area contributed by atoms with Gasteiger partial charge in [-0.3, -0.25) is 14.4 Å². The second kappa shape index (κ2) is 10.1. The highest BCUT2D eigenvalue weighted by Gasteiger charge is 2.25. The van der Waals surface area contributed by atoms with Gasteiger partial charge < -0.3 is 29.7 Å². The molecule has 1 fully saturated rings. The zero-order valence-corrected chi connectivity index (χ0v) is 17.5. The number of benzene rings is 2. The van der Waals surface area contributed by atoms with Gasteiger partial charge in [-0.15, -0.1) is 0 Å². The molecule has 168 valence electrons. The summed E-state index contributed by atoms with van der Waals surface area (Å²) in [7, 11) is 0. The van der Waals surface area contributed by atoms with Gasteiger partial charge in [0.05, 0.1) is 13.2 Å². The first-order chi connectivity index (χ1) is 15.6. The highest BCUT2D eigenvalue weighted by atomic mass is 16.7. The van der Waals surface area contributed by atoms with Gasteiger partial charge in [0, 0.05) is 31.3 Å². The molecule has 0 aromatic heterocycles. The van der Waals surface area contributed by atoms with Crippen LogP contribution >= 0.6 is 0 Å². The smallest absolute Gasteiger partial charge is 0.313 e. The molecule has 1 unspecified atom stereocenters. The minimum Gasteiger partial charge on any atom is -0.454 e. The van der Waals surface area contributed by atoms with Crippen LogP contribution in [0.2, 0.25) is 0 Å². The van der Waals surface area contributed by atoms with Gasteiger partial charge in [-0.1, -0.05) is 30.3 Å². The Bertz CT molecular complexity index is 981. The van der Waals surface area contributed by atoms with E-state index >= 15 is 0 Å². The lowest BCUT2D eigenvalue weighted by molar-refractivity contribution is -0.139. The Morgan fingerprint density at radius 1 is 1.00 bits per heavy atom. The molecule has 2 aromatic rings. The lowest BCUT2D eigenvalue weighted by Gasteiger charge is -2.33. The molecule has 0 bridgehead atoms. The number of nitrogens with zero attached hydrogens (tertiary/aromatic N) is 1. The Balaban J connectivity index is 1.17. The normalized spacial score (nSPS) is 17.0.